The number of allylic oxidation sites excluding steroid dienone is 3. The Labute approximate surface area is 301 Å². The van der Waals surface area contributed by atoms with E-state index in [0.29, 0.717) is 11.4 Å². The fourth-order valence-electron chi connectivity index (χ4n) is 6.88. The highest BCUT2D eigenvalue weighted by Crippen LogP contribution is 2.50. The van der Waals surface area contributed by atoms with Crippen LogP contribution in [-0.4, -0.2) is 9.97 Å². The first-order valence-corrected chi connectivity index (χ1v) is 17.8. The zero-order valence-corrected chi connectivity index (χ0v) is 28.5. The molecule has 0 amide bonds. The van der Waals surface area contributed by atoms with Crippen molar-refractivity contribution < 1.29 is 0 Å². The Balaban J connectivity index is 1.11. The summed E-state index contributed by atoms with van der Waals surface area (Å²) in [6.07, 6.45) is 6.71. The normalized spacial score (nSPS) is 13.4. The molecule has 0 saturated carbocycles. The van der Waals surface area contributed by atoms with Crippen molar-refractivity contribution in [3.8, 4) is 28.7 Å². The smallest absolute Gasteiger partial charge is 0.160 e. The molecule has 0 fully saturated rings. The number of nitriles is 1. The number of benzene rings is 6. The number of nitrogens with zero attached hydrogens (tertiary/aromatic N) is 5. The van der Waals surface area contributed by atoms with E-state index in [1.807, 2.05) is 66.4 Å². The van der Waals surface area contributed by atoms with Crippen molar-refractivity contribution in [3.05, 3.63) is 180 Å². The van der Waals surface area contributed by atoms with E-state index < -0.39 is 0 Å². The van der Waals surface area contributed by atoms with Gasteiger partial charge >= 0.3 is 0 Å². The van der Waals surface area contributed by atoms with Gasteiger partial charge in [0.25, 0.3) is 0 Å². The average Bonchev–Trinajstić information content (AvgIpc) is 3.20. The lowest BCUT2D eigenvalue weighted by Gasteiger charge is -2.35. The van der Waals surface area contributed by atoms with E-state index in [1.165, 1.54) is 21.2 Å². The molecule has 9 rings (SSSR count). The Hall–Kier alpha value is -6.42. The minimum Gasteiger partial charge on any atom is -0.311 e. The van der Waals surface area contributed by atoms with Gasteiger partial charge in [0.2, 0.25) is 0 Å². The lowest BCUT2D eigenvalue weighted by atomic mass is 10.0. The SMILES string of the molecule is N#Cc1ccc2c(-c3ccc(N(c4ccccc4)c4ccc(N5C6=C(CCC=C6)Sc6ccccc65)cc4)cc3)nc(-c3ccccc3)nc2c1. The summed E-state index contributed by atoms with van der Waals surface area (Å²) in [5.41, 5.74) is 10.8. The van der Waals surface area contributed by atoms with Crippen LogP contribution in [0.15, 0.2) is 179 Å². The molecule has 0 unspecified atom stereocenters. The van der Waals surface area contributed by atoms with Crippen LogP contribution < -0.4 is 9.80 Å². The minimum absolute atomic E-state index is 0.571. The fourth-order valence-corrected chi connectivity index (χ4v) is 8.04. The summed E-state index contributed by atoms with van der Waals surface area (Å²) in [5.74, 6) is 0.629. The third kappa shape index (κ3) is 5.74. The van der Waals surface area contributed by atoms with Gasteiger partial charge in [0.1, 0.15) is 0 Å². The molecular formula is C45H31N5S. The first-order valence-electron chi connectivity index (χ1n) is 17.0. The Bertz CT molecular complexity index is 2500. The van der Waals surface area contributed by atoms with Gasteiger partial charge in [-0.2, -0.15) is 5.26 Å². The number of fused-ring (bicyclic) bond motifs is 2. The topological polar surface area (TPSA) is 56.1 Å². The Morgan fingerprint density at radius 3 is 2.12 bits per heavy atom. The van der Waals surface area contributed by atoms with Gasteiger partial charge in [-0.1, -0.05) is 90.6 Å². The van der Waals surface area contributed by atoms with Gasteiger partial charge in [-0.05, 0) is 97.8 Å². The van der Waals surface area contributed by atoms with Gasteiger partial charge in [0.15, 0.2) is 5.82 Å². The predicted octanol–water partition coefficient (Wildman–Crippen LogP) is 12.1. The van der Waals surface area contributed by atoms with Crippen LogP contribution in [0.25, 0.3) is 33.5 Å². The van der Waals surface area contributed by atoms with Gasteiger partial charge in [0.05, 0.1) is 34.2 Å². The number of thioether (sulfide) groups is 1. The second-order valence-electron chi connectivity index (χ2n) is 12.5. The Kier molecular flexibility index (Phi) is 7.88. The molecule has 1 aromatic heterocycles. The molecule has 2 heterocycles. The summed E-state index contributed by atoms with van der Waals surface area (Å²) in [5, 5.41) is 10.5. The van der Waals surface area contributed by atoms with Crippen molar-refractivity contribution in [2.75, 3.05) is 9.80 Å². The highest BCUT2D eigenvalue weighted by atomic mass is 32.2. The number of aromatic nitrogens is 2. The van der Waals surface area contributed by atoms with E-state index in [0.717, 1.165) is 63.3 Å². The number of para-hydroxylation sites is 2. The Morgan fingerprint density at radius 1 is 0.667 bits per heavy atom. The average molecular weight is 674 g/mol. The molecule has 7 aromatic rings. The monoisotopic (exact) mass is 673 g/mol. The molecule has 0 N–H and O–H groups in total. The summed E-state index contributed by atoms with van der Waals surface area (Å²) in [4.78, 5) is 17.3. The molecular weight excluding hydrogens is 643 g/mol. The van der Waals surface area contributed by atoms with E-state index >= 15 is 0 Å². The standard InChI is InChI=1S/C45H31N5S/c46-30-31-19-28-38-39(29-31)47-45(33-11-3-1-4-12-33)48-44(38)32-20-22-35(23-21-32)49(34-13-5-2-6-14-34)36-24-26-37(27-25-36)50-40-15-7-9-17-42(40)51-43-18-10-8-16-41(43)50/h1-9,11-17,19-29H,10,18H2. The summed E-state index contributed by atoms with van der Waals surface area (Å²) < 4.78 is 0. The Morgan fingerprint density at radius 2 is 1.35 bits per heavy atom. The number of hydrogen-bond acceptors (Lipinski definition) is 6. The maximum absolute atomic E-state index is 9.60. The maximum atomic E-state index is 9.60. The van der Waals surface area contributed by atoms with Crippen molar-refractivity contribution in [1.29, 1.82) is 5.26 Å². The van der Waals surface area contributed by atoms with E-state index in [4.69, 9.17) is 9.97 Å². The third-order valence-electron chi connectivity index (χ3n) is 9.32. The quantitative estimate of drug-likeness (QED) is 0.175. The molecule has 2 aliphatic rings. The molecule has 242 valence electrons. The minimum atomic E-state index is 0.571. The van der Waals surface area contributed by atoms with Crippen molar-refractivity contribution >= 4 is 51.1 Å². The second kappa shape index (κ2) is 13.1. The summed E-state index contributed by atoms with van der Waals surface area (Å²) in [6.45, 7) is 0. The molecule has 51 heavy (non-hydrogen) atoms. The van der Waals surface area contributed by atoms with Gasteiger partial charge < -0.3 is 9.80 Å². The molecule has 0 bridgehead atoms. The number of anilines is 5. The fraction of sp³-hybridized carbons (Fsp3) is 0.0444. The summed E-state index contributed by atoms with van der Waals surface area (Å²) in [7, 11) is 0. The number of rotatable bonds is 6. The zero-order chi connectivity index (χ0) is 34.1. The molecule has 5 nitrogen and oxygen atoms in total. The van der Waals surface area contributed by atoms with Gasteiger partial charge in [-0.15, -0.1) is 0 Å². The van der Waals surface area contributed by atoms with Crippen molar-refractivity contribution in [3.63, 3.8) is 0 Å². The van der Waals surface area contributed by atoms with Crippen molar-refractivity contribution in [1.82, 2.24) is 9.97 Å². The lowest BCUT2D eigenvalue weighted by Crippen LogP contribution is -2.21. The first kappa shape index (κ1) is 30.6. The molecule has 0 atom stereocenters. The van der Waals surface area contributed by atoms with Crippen LogP contribution in [-0.2, 0) is 0 Å². The molecule has 1 aliphatic heterocycles. The van der Waals surface area contributed by atoms with Gasteiger partial charge in [-0.3, -0.25) is 0 Å². The van der Waals surface area contributed by atoms with Crippen LogP contribution in [0.5, 0.6) is 0 Å². The van der Waals surface area contributed by atoms with Crippen LogP contribution in [0.4, 0.5) is 28.4 Å². The number of hydrogen-bond donors (Lipinski definition) is 0. The molecule has 0 saturated heterocycles. The van der Waals surface area contributed by atoms with Gasteiger partial charge in [-0.25, -0.2) is 9.97 Å². The zero-order valence-electron chi connectivity index (χ0n) is 27.6. The van der Waals surface area contributed by atoms with Gasteiger partial charge in [0, 0.05) is 49.1 Å². The largest absolute Gasteiger partial charge is 0.311 e. The first-order chi connectivity index (χ1) is 25.2. The van der Waals surface area contributed by atoms with E-state index in [2.05, 4.69) is 125 Å². The highest BCUT2D eigenvalue weighted by molar-refractivity contribution is 8.03. The van der Waals surface area contributed by atoms with Crippen molar-refractivity contribution in [2.24, 2.45) is 0 Å². The van der Waals surface area contributed by atoms with Crippen LogP contribution in [0, 0.1) is 11.3 Å². The third-order valence-corrected chi connectivity index (χ3v) is 10.5. The summed E-state index contributed by atoms with van der Waals surface area (Å²) in [6, 6.07) is 54.4. The van der Waals surface area contributed by atoms with E-state index in [9.17, 15) is 5.26 Å². The molecule has 6 aromatic carbocycles. The van der Waals surface area contributed by atoms with E-state index in [1.54, 1.807) is 0 Å². The summed E-state index contributed by atoms with van der Waals surface area (Å²) >= 11 is 1.90. The molecule has 6 heteroatoms. The predicted molar refractivity (Wildman–Crippen MR) is 210 cm³/mol. The van der Waals surface area contributed by atoms with Crippen LogP contribution in [0.1, 0.15) is 18.4 Å². The van der Waals surface area contributed by atoms with Crippen LogP contribution >= 0.6 is 11.8 Å². The lowest BCUT2D eigenvalue weighted by molar-refractivity contribution is 0.969. The van der Waals surface area contributed by atoms with Crippen molar-refractivity contribution in [2.45, 2.75) is 17.7 Å². The van der Waals surface area contributed by atoms with Crippen LogP contribution in [0.3, 0.4) is 0 Å². The maximum Gasteiger partial charge on any atom is 0.160 e. The molecule has 1 aliphatic carbocycles. The van der Waals surface area contributed by atoms with E-state index in [-0.39, 0.29) is 0 Å². The second-order valence-corrected chi connectivity index (χ2v) is 13.6. The van der Waals surface area contributed by atoms with Crippen LogP contribution in [0.2, 0.25) is 0 Å². The highest BCUT2D eigenvalue weighted by Gasteiger charge is 2.27. The molecule has 0 radical (unpaired) electrons. The molecule has 0 spiro atoms.